The molecule has 3 aromatic carbocycles. The summed E-state index contributed by atoms with van der Waals surface area (Å²) >= 11 is 0. The molecule has 3 aromatic rings. The van der Waals surface area contributed by atoms with Crippen LogP contribution in [0.15, 0.2) is 95.8 Å². The van der Waals surface area contributed by atoms with Crippen LogP contribution in [0.5, 0.6) is 0 Å². The minimum Gasteiger partial charge on any atom is -0.288 e. The lowest BCUT2D eigenvalue weighted by Crippen LogP contribution is -2.14. The Morgan fingerprint density at radius 2 is 1.28 bits per heavy atom. The predicted octanol–water partition coefficient (Wildman–Crippen LogP) is 5.01. The highest BCUT2D eigenvalue weighted by atomic mass is 31.2. The molecule has 0 saturated carbocycles. The Morgan fingerprint density at radius 1 is 0.760 bits per heavy atom. The monoisotopic (exact) mass is 345 g/mol. The van der Waals surface area contributed by atoms with E-state index in [-0.39, 0.29) is 0 Å². The third-order valence-corrected chi connectivity index (χ3v) is 6.35. The first kappa shape index (κ1) is 17.1. The summed E-state index contributed by atoms with van der Waals surface area (Å²) in [5.74, 6) is 0. The molecule has 3 rings (SSSR count). The highest BCUT2D eigenvalue weighted by Crippen LogP contribution is 2.44. The number of allylic oxidation sites excluding steroid dienone is 1. The van der Waals surface area contributed by atoms with Gasteiger partial charge in [-0.1, -0.05) is 72.3 Å². The zero-order valence-electron chi connectivity index (χ0n) is 14.1. The molecule has 25 heavy (non-hydrogen) atoms. The Balaban J connectivity index is 1.91. The predicted molar refractivity (Wildman–Crippen MR) is 108 cm³/mol. The van der Waals surface area contributed by atoms with Gasteiger partial charge in [-0.05, 0) is 42.8 Å². The van der Waals surface area contributed by atoms with Gasteiger partial charge in [-0.15, -0.1) is 0 Å². The van der Waals surface area contributed by atoms with Crippen molar-refractivity contribution in [3.8, 4) is 0 Å². The van der Waals surface area contributed by atoms with Crippen LogP contribution in [0.2, 0.25) is 0 Å². The van der Waals surface area contributed by atoms with Crippen molar-refractivity contribution >= 4 is 30.2 Å². The SMILES string of the molecule is Cc1ccc(/C=C/C=NP(=O)(c2ccccc2)c2ccccc2)cc1. The lowest BCUT2D eigenvalue weighted by molar-refractivity contribution is 0.588. The number of rotatable bonds is 5. The lowest BCUT2D eigenvalue weighted by atomic mass is 10.1. The molecule has 0 heterocycles. The van der Waals surface area contributed by atoms with Crippen LogP contribution in [0.4, 0.5) is 0 Å². The quantitative estimate of drug-likeness (QED) is 0.472. The van der Waals surface area contributed by atoms with Crippen LogP contribution in [-0.4, -0.2) is 6.21 Å². The summed E-state index contributed by atoms with van der Waals surface area (Å²) in [5.41, 5.74) is 2.31. The number of hydrogen-bond donors (Lipinski definition) is 0. The van der Waals surface area contributed by atoms with Gasteiger partial charge in [0.15, 0.2) is 0 Å². The third-order valence-electron chi connectivity index (χ3n) is 3.89. The minimum atomic E-state index is -3.03. The first-order valence-corrected chi connectivity index (χ1v) is 9.85. The van der Waals surface area contributed by atoms with E-state index in [0.29, 0.717) is 0 Å². The van der Waals surface area contributed by atoms with Gasteiger partial charge >= 0.3 is 0 Å². The van der Waals surface area contributed by atoms with E-state index in [4.69, 9.17) is 0 Å². The van der Waals surface area contributed by atoms with Gasteiger partial charge in [0.25, 0.3) is 0 Å². The molecule has 124 valence electrons. The van der Waals surface area contributed by atoms with Crippen molar-refractivity contribution in [2.75, 3.05) is 0 Å². The van der Waals surface area contributed by atoms with E-state index in [9.17, 15) is 4.57 Å². The molecule has 0 unspecified atom stereocenters. The van der Waals surface area contributed by atoms with Crippen LogP contribution in [0.1, 0.15) is 11.1 Å². The Bertz CT molecular complexity index is 870. The Kier molecular flexibility index (Phi) is 5.42. The molecular weight excluding hydrogens is 325 g/mol. The van der Waals surface area contributed by atoms with Crippen molar-refractivity contribution in [2.45, 2.75) is 6.92 Å². The summed E-state index contributed by atoms with van der Waals surface area (Å²) in [4.78, 5) is 0. The molecule has 0 aliphatic heterocycles. The second-order valence-electron chi connectivity index (χ2n) is 5.78. The second kappa shape index (κ2) is 7.92. The normalized spacial score (nSPS) is 12.0. The summed E-state index contributed by atoms with van der Waals surface area (Å²) in [6, 6.07) is 27.1. The van der Waals surface area contributed by atoms with Crippen molar-refractivity contribution in [1.29, 1.82) is 0 Å². The zero-order chi connectivity index (χ0) is 17.5. The van der Waals surface area contributed by atoms with Gasteiger partial charge in [0, 0.05) is 16.8 Å². The number of aryl methyl sites for hydroxylation is 1. The van der Waals surface area contributed by atoms with E-state index in [1.165, 1.54) is 5.56 Å². The van der Waals surface area contributed by atoms with Crippen LogP contribution >= 0.6 is 7.29 Å². The van der Waals surface area contributed by atoms with Crippen molar-refractivity contribution in [3.63, 3.8) is 0 Å². The van der Waals surface area contributed by atoms with Crippen LogP contribution in [0.25, 0.3) is 6.08 Å². The summed E-state index contributed by atoms with van der Waals surface area (Å²) in [5, 5.41) is 1.47. The first-order valence-electron chi connectivity index (χ1n) is 8.19. The maximum Gasteiger partial charge on any atom is 0.247 e. The Labute approximate surface area is 149 Å². The summed E-state index contributed by atoms with van der Waals surface area (Å²) in [7, 11) is -3.03. The van der Waals surface area contributed by atoms with E-state index in [1.54, 1.807) is 6.21 Å². The molecule has 0 spiro atoms. The third kappa shape index (κ3) is 4.23. The number of nitrogens with zero attached hydrogens (tertiary/aromatic N) is 1. The number of hydrogen-bond acceptors (Lipinski definition) is 1. The van der Waals surface area contributed by atoms with Gasteiger partial charge in [0.1, 0.15) is 0 Å². The molecule has 0 bridgehead atoms. The first-order chi connectivity index (χ1) is 12.2. The lowest BCUT2D eigenvalue weighted by Gasteiger charge is -2.13. The van der Waals surface area contributed by atoms with Crippen molar-refractivity contribution in [1.82, 2.24) is 0 Å². The van der Waals surface area contributed by atoms with Gasteiger partial charge < -0.3 is 0 Å². The van der Waals surface area contributed by atoms with Crippen LogP contribution in [0, 0.1) is 6.92 Å². The standard InChI is InChI=1S/C22H20NOP/c1-19-14-16-20(17-15-19)9-8-18-23-25(24,21-10-4-2-5-11-21)22-12-6-3-7-13-22/h2-18H,1H3/b9-8+,23-18?. The Morgan fingerprint density at radius 3 is 1.80 bits per heavy atom. The fourth-order valence-electron chi connectivity index (χ4n) is 2.51. The van der Waals surface area contributed by atoms with E-state index < -0.39 is 7.29 Å². The van der Waals surface area contributed by atoms with Crippen LogP contribution in [-0.2, 0) is 4.57 Å². The molecule has 0 aliphatic rings. The summed E-state index contributed by atoms with van der Waals surface area (Å²) in [6.45, 7) is 2.06. The number of benzene rings is 3. The van der Waals surface area contributed by atoms with Gasteiger partial charge in [-0.25, -0.2) is 4.76 Å². The van der Waals surface area contributed by atoms with E-state index in [0.717, 1.165) is 16.2 Å². The molecule has 0 fully saturated rings. The second-order valence-corrected chi connectivity index (χ2v) is 8.20. The molecule has 0 aromatic heterocycles. The Hall–Kier alpha value is -2.70. The van der Waals surface area contributed by atoms with E-state index in [1.807, 2.05) is 84.9 Å². The largest absolute Gasteiger partial charge is 0.288 e. The fraction of sp³-hybridized carbons (Fsp3) is 0.0455. The van der Waals surface area contributed by atoms with Crippen LogP contribution in [0.3, 0.4) is 0 Å². The summed E-state index contributed by atoms with van der Waals surface area (Å²) in [6.07, 6.45) is 5.44. The van der Waals surface area contributed by atoms with Gasteiger partial charge in [-0.2, -0.15) is 0 Å². The van der Waals surface area contributed by atoms with E-state index >= 15 is 0 Å². The average molecular weight is 345 g/mol. The fourth-order valence-corrected chi connectivity index (χ4v) is 4.49. The molecule has 0 atom stereocenters. The molecule has 2 nitrogen and oxygen atoms in total. The molecular formula is C22H20NOP. The summed E-state index contributed by atoms with van der Waals surface area (Å²) < 4.78 is 18.1. The van der Waals surface area contributed by atoms with Gasteiger partial charge in [-0.3, -0.25) is 4.57 Å². The molecule has 3 heteroatoms. The van der Waals surface area contributed by atoms with Crippen molar-refractivity contribution < 1.29 is 4.57 Å². The topological polar surface area (TPSA) is 29.4 Å². The zero-order valence-corrected chi connectivity index (χ0v) is 15.0. The minimum absolute atomic E-state index is 0.737. The van der Waals surface area contributed by atoms with Gasteiger partial charge in [0.2, 0.25) is 7.29 Å². The van der Waals surface area contributed by atoms with Crippen molar-refractivity contribution in [3.05, 3.63) is 102 Å². The highest BCUT2D eigenvalue weighted by Gasteiger charge is 2.25. The van der Waals surface area contributed by atoms with E-state index in [2.05, 4.69) is 23.8 Å². The highest BCUT2D eigenvalue weighted by molar-refractivity contribution is 7.77. The average Bonchev–Trinajstić information content (AvgIpc) is 2.68. The molecule has 0 saturated heterocycles. The molecule has 0 amide bonds. The molecule has 0 radical (unpaired) electrons. The van der Waals surface area contributed by atoms with Crippen molar-refractivity contribution in [2.24, 2.45) is 4.76 Å². The van der Waals surface area contributed by atoms with Crippen LogP contribution < -0.4 is 10.6 Å². The van der Waals surface area contributed by atoms with Gasteiger partial charge in [0.05, 0.1) is 0 Å². The maximum absolute atomic E-state index is 13.6. The smallest absolute Gasteiger partial charge is 0.247 e. The molecule has 0 aliphatic carbocycles. The maximum atomic E-state index is 13.6. The molecule has 0 N–H and O–H groups in total.